The minimum Gasteiger partial charge on any atom is -0.495 e. The summed E-state index contributed by atoms with van der Waals surface area (Å²) < 4.78 is 5.63. The van der Waals surface area contributed by atoms with Crippen molar-refractivity contribution in [2.45, 2.75) is 63.5 Å². The van der Waals surface area contributed by atoms with Crippen molar-refractivity contribution in [1.29, 1.82) is 0 Å². The molecule has 3 heterocycles. The number of methoxy groups -OCH3 is 1. The van der Waals surface area contributed by atoms with Gasteiger partial charge in [0.05, 0.1) is 19.0 Å². The number of fused-ring (bicyclic) bond motifs is 1. The molecule has 5 rings (SSSR count). The van der Waals surface area contributed by atoms with Crippen LogP contribution in [0.15, 0.2) is 24.4 Å². The number of hydrogen-bond donors (Lipinski definition) is 2. The molecule has 204 valence electrons. The SMILES string of the molecule is COc1cc(C(=O)NC2CCCCN(C)C2)ccc1Nc1ncc2c(n1)N(C1CCCC1)CCC(=O)N2C. The molecule has 10 nitrogen and oxygen atoms in total. The van der Waals surface area contributed by atoms with Crippen LogP contribution in [0.2, 0.25) is 0 Å². The Bertz CT molecular complexity index is 1170. The second-order valence-electron chi connectivity index (χ2n) is 10.7. The summed E-state index contributed by atoms with van der Waals surface area (Å²) in [6.45, 7) is 2.58. The molecule has 2 amide bonds. The zero-order chi connectivity index (χ0) is 26.6. The largest absolute Gasteiger partial charge is 0.495 e. The van der Waals surface area contributed by atoms with Gasteiger partial charge in [-0.2, -0.15) is 4.98 Å². The number of rotatable bonds is 6. The van der Waals surface area contributed by atoms with Crippen molar-refractivity contribution in [3.63, 3.8) is 0 Å². The van der Waals surface area contributed by atoms with Crippen molar-refractivity contribution in [2.75, 3.05) is 56.0 Å². The monoisotopic (exact) mass is 521 g/mol. The van der Waals surface area contributed by atoms with Gasteiger partial charge in [0.25, 0.3) is 5.91 Å². The first-order chi connectivity index (χ1) is 18.4. The second kappa shape index (κ2) is 11.6. The summed E-state index contributed by atoms with van der Waals surface area (Å²) >= 11 is 0. The van der Waals surface area contributed by atoms with Crippen LogP contribution in [0.3, 0.4) is 0 Å². The number of likely N-dealkylation sites (N-methyl/N-ethyl adjacent to an activating group) is 1. The fourth-order valence-corrected chi connectivity index (χ4v) is 5.84. The third kappa shape index (κ3) is 5.70. The van der Waals surface area contributed by atoms with Gasteiger partial charge in [-0.05, 0) is 57.5 Å². The molecular weight excluding hydrogens is 482 g/mol. The van der Waals surface area contributed by atoms with Gasteiger partial charge in [0.1, 0.15) is 11.4 Å². The molecule has 1 saturated heterocycles. The van der Waals surface area contributed by atoms with Crippen LogP contribution in [-0.2, 0) is 4.79 Å². The Hall–Kier alpha value is -3.40. The second-order valence-corrected chi connectivity index (χ2v) is 10.7. The number of anilines is 4. The molecule has 3 aliphatic rings. The van der Waals surface area contributed by atoms with E-state index in [-0.39, 0.29) is 17.9 Å². The highest BCUT2D eigenvalue weighted by Gasteiger charge is 2.31. The maximum atomic E-state index is 13.0. The fourth-order valence-electron chi connectivity index (χ4n) is 5.84. The van der Waals surface area contributed by atoms with Crippen molar-refractivity contribution in [3.8, 4) is 5.75 Å². The predicted molar refractivity (Wildman–Crippen MR) is 149 cm³/mol. The molecule has 2 N–H and O–H groups in total. The highest BCUT2D eigenvalue weighted by Crippen LogP contribution is 2.37. The highest BCUT2D eigenvalue weighted by molar-refractivity contribution is 5.97. The van der Waals surface area contributed by atoms with Crippen LogP contribution in [0.25, 0.3) is 0 Å². The van der Waals surface area contributed by atoms with E-state index in [1.54, 1.807) is 37.4 Å². The van der Waals surface area contributed by atoms with Gasteiger partial charge in [0.15, 0.2) is 5.82 Å². The number of carbonyl (C=O) groups is 2. The molecular formula is C28H39N7O3. The van der Waals surface area contributed by atoms with E-state index in [1.807, 2.05) is 6.07 Å². The Kier molecular flexibility index (Phi) is 7.97. The maximum Gasteiger partial charge on any atom is 0.251 e. The van der Waals surface area contributed by atoms with Crippen molar-refractivity contribution < 1.29 is 14.3 Å². The average Bonchev–Trinajstić information content (AvgIpc) is 3.33. The first kappa shape index (κ1) is 26.2. The highest BCUT2D eigenvalue weighted by atomic mass is 16.5. The summed E-state index contributed by atoms with van der Waals surface area (Å²) in [5.74, 6) is 1.71. The molecule has 2 fully saturated rings. The van der Waals surface area contributed by atoms with Crippen LogP contribution >= 0.6 is 0 Å². The predicted octanol–water partition coefficient (Wildman–Crippen LogP) is 3.56. The van der Waals surface area contributed by atoms with E-state index in [9.17, 15) is 9.59 Å². The molecule has 38 heavy (non-hydrogen) atoms. The van der Waals surface area contributed by atoms with E-state index < -0.39 is 0 Å². The molecule has 1 aromatic carbocycles. The Morgan fingerprint density at radius 3 is 2.66 bits per heavy atom. The summed E-state index contributed by atoms with van der Waals surface area (Å²) in [6.07, 6.45) is 10.1. The minimum absolute atomic E-state index is 0.0714. The van der Waals surface area contributed by atoms with Crippen LogP contribution < -0.4 is 25.2 Å². The summed E-state index contributed by atoms with van der Waals surface area (Å²) in [6, 6.07) is 5.89. The summed E-state index contributed by atoms with van der Waals surface area (Å²) in [5, 5.41) is 6.46. The number of hydrogen-bond acceptors (Lipinski definition) is 8. The quantitative estimate of drug-likeness (QED) is 0.595. The number of ether oxygens (including phenoxy) is 1. The van der Waals surface area contributed by atoms with Gasteiger partial charge in [-0.15, -0.1) is 0 Å². The van der Waals surface area contributed by atoms with Crippen molar-refractivity contribution in [1.82, 2.24) is 20.2 Å². The van der Waals surface area contributed by atoms with E-state index in [0.717, 1.165) is 56.7 Å². The minimum atomic E-state index is -0.101. The molecule has 1 aliphatic carbocycles. The van der Waals surface area contributed by atoms with E-state index in [1.165, 1.54) is 12.8 Å². The number of likely N-dealkylation sites (tertiary alicyclic amines) is 1. The fraction of sp³-hybridized carbons (Fsp3) is 0.571. The number of nitrogens with zero attached hydrogens (tertiary/aromatic N) is 5. The molecule has 1 saturated carbocycles. The molecule has 1 aromatic heterocycles. The van der Waals surface area contributed by atoms with Gasteiger partial charge in [-0.25, -0.2) is 4.98 Å². The Labute approximate surface area is 224 Å². The molecule has 2 aromatic rings. The third-order valence-electron chi connectivity index (χ3n) is 8.01. The van der Waals surface area contributed by atoms with Gasteiger partial charge in [-0.3, -0.25) is 9.59 Å². The molecule has 0 spiro atoms. The molecule has 1 unspecified atom stereocenters. The van der Waals surface area contributed by atoms with Crippen LogP contribution in [0.4, 0.5) is 23.1 Å². The van der Waals surface area contributed by atoms with Gasteiger partial charge in [0, 0.05) is 44.2 Å². The molecule has 0 radical (unpaired) electrons. The molecule has 1 atom stereocenters. The van der Waals surface area contributed by atoms with Crippen LogP contribution in [0.5, 0.6) is 5.75 Å². The lowest BCUT2D eigenvalue weighted by atomic mass is 10.1. The first-order valence-corrected chi connectivity index (χ1v) is 13.8. The number of benzene rings is 1. The van der Waals surface area contributed by atoms with Gasteiger partial charge in [0.2, 0.25) is 11.9 Å². The molecule has 10 heteroatoms. The number of carbonyl (C=O) groups excluding carboxylic acids is 2. The lowest BCUT2D eigenvalue weighted by molar-refractivity contribution is -0.118. The van der Waals surface area contributed by atoms with Crippen LogP contribution in [0.1, 0.15) is 61.7 Å². The zero-order valence-electron chi connectivity index (χ0n) is 22.7. The van der Waals surface area contributed by atoms with Gasteiger partial charge < -0.3 is 30.1 Å². The smallest absolute Gasteiger partial charge is 0.251 e. The topological polar surface area (TPSA) is 103 Å². The van der Waals surface area contributed by atoms with Crippen molar-refractivity contribution >= 4 is 35.0 Å². The normalized spacial score (nSPS) is 21.0. The van der Waals surface area contributed by atoms with E-state index in [2.05, 4.69) is 32.5 Å². The molecule has 2 aliphatic heterocycles. The summed E-state index contributed by atoms with van der Waals surface area (Å²) in [4.78, 5) is 41.2. The standard InChI is InChI=1S/C28H39N7O3/c1-33-14-7-6-8-20(18-33)30-27(37)19-11-12-22(24(16-19)38-3)31-28-29-17-23-26(32-28)35(21-9-4-5-10-21)15-13-25(36)34(23)2/h11-12,16-17,20-21H,4-10,13-15,18H2,1-3H3,(H,30,37)(H,29,31,32). The lowest BCUT2D eigenvalue weighted by Crippen LogP contribution is -2.41. The van der Waals surface area contributed by atoms with Gasteiger partial charge >= 0.3 is 0 Å². The Morgan fingerprint density at radius 2 is 1.87 bits per heavy atom. The Balaban J connectivity index is 1.36. The zero-order valence-corrected chi connectivity index (χ0v) is 22.7. The first-order valence-electron chi connectivity index (χ1n) is 13.8. The van der Waals surface area contributed by atoms with E-state index >= 15 is 0 Å². The number of aromatic nitrogens is 2. The average molecular weight is 522 g/mol. The maximum absolute atomic E-state index is 13.0. The number of nitrogens with one attached hydrogen (secondary N) is 2. The molecule has 0 bridgehead atoms. The number of amides is 2. The van der Waals surface area contributed by atoms with Crippen molar-refractivity contribution in [3.05, 3.63) is 30.0 Å². The lowest BCUT2D eigenvalue weighted by Gasteiger charge is -2.30. The van der Waals surface area contributed by atoms with Crippen LogP contribution in [-0.4, -0.2) is 79.6 Å². The van der Waals surface area contributed by atoms with Crippen molar-refractivity contribution in [2.24, 2.45) is 0 Å². The van der Waals surface area contributed by atoms with Crippen LogP contribution in [0, 0.1) is 0 Å². The third-order valence-corrected chi connectivity index (χ3v) is 8.01. The summed E-state index contributed by atoms with van der Waals surface area (Å²) in [7, 11) is 5.47. The van der Waals surface area contributed by atoms with E-state index in [0.29, 0.717) is 42.0 Å². The summed E-state index contributed by atoms with van der Waals surface area (Å²) in [5.41, 5.74) is 1.95. The Morgan fingerprint density at radius 1 is 1.08 bits per heavy atom. The van der Waals surface area contributed by atoms with E-state index in [4.69, 9.17) is 9.72 Å². The van der Waals surface area contributed by atoms with Gasteiger partial charge in [-0.1, -0.05) is 19.3 Å².